The van der Waals surface area contributed by atoms with Crippen molar-refractivity contribution in [2.45, 2.75) is 25.8 Å². The van der Waals surface area contributed by atoms with E-state index >= 15 is 0 Å². The lowest BCUT2D eigenvalue weighted by Gasteiger charge is -2.09. The summed E-state index contributed by atoms with van der Waals surface area (Å²) in [5.74, 6) is -0.303. The fourth-order valence-electron chi connectivity index (χ4n) is 2.00. The number of carbonyl (C=O) groups excluding carboxylic acids is 1. The lowest BCUT2D eigenvalue weighted by atomic mass is 10.1. The van der Waals surface area contributed by atoms with E-state index in [1.165, 1.54) is 18.9 Å². The molecule has 0 spiro atoms. The minimum Gasteiger partial charge on any atom is -0.378 e. The lowest BCUT2D eigenvalue weighted by Crippen LogP contribution is -2.24. The Hall–Kier alpha value is -2.15. The molecule has 7 heteroatoms. The summed E-state index contributed by atoms with van der Waals surface area (Å²) in [4.78, 5) is 22.4. The van der Waals surface area contributed by atoms with Crippen molar-refractivity contribution < 1.29 is 9.72 Å². The highest BCUT2D eigenvalue weighted by molar-refractivity contribution is 5.95. The summed E-state index contributed by atoms with van der Waals surface area (Å²) in [7, 11) is 0. The van der Waals surface area contributed by atoms with Crippen molar-refractivity contribution >= 4 is 17.3 Å². The first kappa shape index (κ1) is 15.2. The van der Waals surface area contributed by atoms with Crippen molar-refractivity contribution in [2.24, 2.45) is 0 Å². The van der Waals surface area contributed by atoms with Gasteiger partial charge in [-0.15, -0.1) is 0 Å². The zero-order chi connectivity index (χ0) is 15.2. The van der Waals surface area contributed by atoms with E-state index < -0.39 is 4.92 Å². The van der Waals surface area contributed by atoms with Crippen molar-refractivity contribution in [3.63, 3.8) is 0 Å². The summed E-state index contributed by atoms with van der Waals surface area (Å²) >= 11 is 0. The minimum atomic E-state index is -0.473. The first-order chi connectivity index (χ1) is 10.1. The summed E-state index contributed by atoms with van der Waals surface area (Å²) in [6.45, 7) is 3.66. The zero-order valence-electron chi connectivity index (χ0n) is 12.0. The Kier molecular flexibility index (Phi) is 5.10. The fourth-order valence-corrected chi connectivity index (χ4v) is 2.00. The SMILES string of the molecule is CCNC(=O)c1ccc(NCCNC2CC2)c([N+](=O)[O-])c1. The van der Waals surface area contributed by atoms with E-state index in [4.69, 9.17) is 0 Å². The summed E-state index contributed by atoms with van der Waals surface area (Å²) in [6, 6.07) is 5.10. The van der Waals surface area contributed by atoms with Gasteiger partial charge in [-0.2, -0.15) is 0 Å². The van der Waals surface area contributed by atoms with Gasteiger partial charge in [-0.05, 0) is 31.9 Å². The summed E-state index contributed by atoms with van der Waals surface area (Å²) in [6.07, 6.45) is 2.42. The van der Waals surface area contributed by atoms with Gasteiger partial charge in [0.15, 0.2) is 0 Å². The van der Waals surface area contributed by atoms with Crippen LogP contribution >= 0.6 is 0 Å². The molecule has 7 nitrogen and oxygen atoms in total. The monoisotopic (exact) mass is 292 g/mol. The maximum Gasteiger partial charge on any atom is 0.293 e. The van der Waals surface area contributed by atoms with Crippen LogP contribution in [0.2, 0.25) is 0 Å². The molecule has 0 aliphatic heterocycles. The van der Waals surface area contributed by atoms with Crippen molar-refractivity contribution in [3.8, 4) is 0 Å². The van der Waals surface area contributed by atoms with Crippen molar-refractivity contribution in [3.05, 3.63) is 33.9 Å². The number of rotatable bonds is 8. The predicted molar refractivity (Wildman–Crippen MR) is 80.6 cm³/mol. The van der Waals surface area contributed by atoms with Crippen LogP contribution in [0, 0.1) is 10.1 Å². The van der Waals surface area contributed by atoms with Crippen molar-refractivity contribution in [2.75, 3.05) is 25.0 Å². The number of benzene rings is 1. The van der Waals surface area contributed by atoms with Crippen LogP contribution in [-0.4, -0.2) is 36.5 Å². The Balaban J connectivity index is 2.01. The van der Waals surface area contributed by atoms with E-state index in [0.29, 0.717) is 30.4 Å². The van der Waals surface area contributed by atoms with Crippen LogP contribution in [0.25, 0.3) is 0 Å². The van der Waals surface area contributed by atoms with E-state index in [1.54, 1.807) is 19.1 Å². The molecule has 114 valence electrons. The van der Waals surface area contributed by atoms with Crippen LogP contribution in [-0.2, 0) is 0 Å². The van der Waals surface area contributed by atoms with E-state index in [-0.39, 0.29) is 11.6 Å². The van der Waals surface area contributed by atoms with Gasteiger partial charge in [-0.25, -0.2) is 0 Å². The molecule has 1 aliphatic carbocycles. The molecule has 1 aromatic carbocycles. The number of nitro groups is 1. The van der Waals surface area contributed by atoms with Crippen LogP contribution in [0.4, 0.5) is 11.4 Å². The molecule has 1 saturated carbocycles. The molecule has 1 aromatic rings. The predicted octanol–water partition coefficient (Wildman–Crippen LogP) is 1.51. The molecule has 0 bridgehead atoms. The Morgan fingerprint density at radius 2 is 2.14 bits per heavy atom. The normalized spacial score (nSPS) is 13.8. The number of anilines is 1. The van der Waals surface area contributed by atoms with Crippen LogP contribution in [0.1, 0.15) is 30.1 Å². The maximum atomic E-state index is 11.7. The van der Waals surface area contributed by atoms with E-state index in [1.807, 2.05) is 0 Å². The fraction of sp³-hybridized carbons (Fsp3) is 0.500. The van der Waals surface area contributed by atoms with E-state index in [0.717, 1.165) is 6.54 Å². The van der Waals surface area contributed by atoms with Crippen molar-refractivity contribution in [1.29, 1.82) is 0 Å². The number of hydrogen-bond acceptors (Lipinski definition) is 5. The van der Waals surface area contributed by atoms with Gasteiger partial charge in [0.05, 0.1) is 4.92 Å². The molecule has 0 saturated heterocycles. The number of nitrogens with one attached hydrogen (secondary N) is 3. The first-order valence-corrected chi connectivity index (χ1v) is 7.15. The average Bonchev–Trinajstić information content (AvgIpc) is 3.28. The highest BCUT2D eigenvalue weighted by Gasteiger charge is 2.20. The zero-order valence-corrected chi connectivity index (χ0v) is 12.0. The highest BCUT2D eigenvalue weighted by atomic mass is 16.6. The first-order valence-electron chi connectivity index (χ1n) is 7.15. The van der Waals surface area contributed by atoms with Gasteiger partial charge >= 0.3 is 0 Å². The van der Waals surface area contributed by atoms with Gasteiger partial charge < -0.3 is 16.0 Å². The Morgan fingerprint density at radius 1 is 1.38 bits per heavy atom. The second-order valence-electron chi connectivity index (χ2n) is 5.00. The topological polar surface area (TPSA) is 96.3 Å². The third kappa shape index (κ3) is 4.42. The Bertz CT molecular complexity index is 529. The molecule has 21 heavy (non-hydrogen) atoms. The summed E-state index contributed by atoms with van der Waals surface area (Å²) in [5.41, 5.74) is 0.654. The Labute approximate surface area is 123 Å². The number of nitro benzene ring substituents is 1. The molecule has 0 unspecified atom stereocenters. The summed E-state index contributed by atoms with van der Waals surface area (Å²) < 4.78 is 0. The highest BCUT2D eigenvalue weighted by Crippen LogP contribution is 2.25. The van der Waals surface area contributed by atoms with E-state index in [2.05, 4.69) is 16.0 Å². The number of amides is 1. The van der Waals surface area contributed by atoms with Gasteiger partial charge in [0.25, 0.3) is 11.6 Å². The van der Waals surface area contributed by atoms with E-state index in [9.17, 15) is 14.9 Å². The van der Waals surface area contributed by atoms with Crippen LogP contribution < -0.4 is 16.0 Å². The van der Waals surface area contributed by atoms with Gasteiger partial charge in [-0.3, -0.25) is 14.9 Å². The maximum absolute atomic E-state index is 11.7. The molecule has 2 rings (SSSR count). The molecule has 0 aromatic heterocycles. The second kappa shape index (κ2) is 7.03. The van der Waals surface area contributed by atoms with Gasteiger partial charge in [0.1, 0.15) is 5.69 Å². The quantitative estimate of drug-likeness (QED) is 0.383. The molecular formula is C14H20N4O3. The van der Waals surface area contributed by atoms with Crippen LogP contribution in [0.15, 0.2) is 18.2 Å². The Morgan fingerprint density at radius 3 is 2.76 bits per heavy atom. The number of nitrogens with zero attached hydrogens (tertiary/aromatic N) is 1. The molecule has 1 aliphatic rings. The van der Waals surface area contributed by atoms with Crippen LogP contribution in [0.5, 0.6) is 0 Å². The molecule has 1 amide bonds. The molecular weight excluding hydrogens is 272 g/mol. The largest absolute Gasteiger partial charge is 0.378 e. The molecule has 0 radical (unpaired) electrons. The van der Waals surface area contributed by atoms with Gasteiger partial charge in [-0.1, -0.05) is 0 Å². The third-order valence-corrected chi connectivity index (χ3v) is 3.24. The molecule has 3 N–H and O–H groups in total. The lowest BCUT2D eigenvalue weighted by molar-refractivity contribution is -0.384. The standard InChI is InChI=1S/C14H20N4O3/c1-2-15-14(19)10-3-6-12(13(9-10)18(20)21)17-8-7-16-11-4-5-11/h3,6,9,11,16-17H,2,4-5,7-8H2,1H3,(H,15,19). The van der Waals surface area contributed by atoms with Crippen LogP contribution in [0.3, 0.4) is 0 Å². The smallest absolute Gasteiger partial charge is 0.293 e. The molecule has 0 atom stereocenters. The number of carbonyl (C=O) groups is 1. The van der Waals surface area contributed by atoms with Gasteiger partial charge in [0, 0.05) is 37.3 Å². The number of hydrogen-bond donors (Lipinski definition) is 3. The second-order valence-corrected chi connectivity index (χ2v) is 5.00. The van der Waals surface area contributed by atoms with Crippen molar-refractivity contribution in [1.82, 2.24) is 10.6 Å². The average molecular weight is 292 g/mol. The molecule has 1 fully saturated rings. The molecule has 0 heterocycles. The summed E-state index contributed by atoms with van der Waals surface area (Å²) in [5, 5.41) is 20.1. The minimum absolute atomic E-state index is 0.0785. The van der Waals surface area contributed by atoms with Gasteiger partial charge in [0.2, 0.25) is 0 Å². The third-order valence-electron chi connectivity index (χ3n) is 3.24.